The number of nitrogens with zero attached hydrogens (tertiary/aromatic N) is 1. The van der Waals surface area contributed by atoms with E-state index in [4.69, 9.17) is 18.9 Å². The second-order valence-corrected chi connectivity index (χ2v) is 8.40. The van der Waals surface area contributed by atoms with Gasteiger partial charge in [0, 0.05) is 18.2 Å². The average molecular weight is 501 g/mol. The number of benzene rings is 3. The van der Waals surface area contributed by atoms with Crippen LogP contribution in [0.1, 0.15) is 0 Å². The van der Waals surface area contributed by atoms with Crippen molar-refractivity contribution in [1.29, 1.82) is 0 Å². The van der Waals surface area contributed by atoms with Gasteiger partial charge in [-0.2, -0.15) is 0 Å². The van der Waals surface area contributed by atoms with Crippen LogP contribution in [0.5, 0.6) is 23.0 Å². The minimum Gasteiger partial charge on any atom is -0.497 e. The van der Waals surface area contributed by atoms with Gasteiger partial charge in [0.25, 0.3) is 10.0 Å². The van der Waals surface area contributed by atoms with Crippen LogP contribution >= 0.6 is 0 Å². The quantitative estimate of drug-likeness (QED) is 0.251. The SMILES string of the molecule is COc1ccc(N(c2ccc(OC)cc2OC)S(=O)(=O)c2cc(F)c(F)c(F)c2F)c(OC)c1. The first-order chi connectivity index (χ1) is 16.1. The van der Waals surface area contributed by atoms with Gasteiger partial charge in [0.1, 0.15) is 27.9 Å². The van der Waals surface area contributed by atoms with Gasteiger partial charge >= 0.3 is 0 Å². The van der Waals surface area contributed by atoms with Gasteiger partial charge in [-0.05, 0) is 24.3 Å². The summed E-state index contributed by atoms with van der Waals surface area (Å²) in [4.78, 5) is -1.44. The number of anilines is 2. The van der Waals surface area contributed by atoms with E-state index in [2.05, 4.69) is 0 Å². The van der Waals surface area contributed by atoms with Crippen LogP contribution in [0.15, 0.2) is 47.4 Å². The Morgan fingerprint density at radius 2 is 1.12 bits per heavy atom. The molecule has 0 fully saturated rings. The molecule has 0 saturated carbocycles. The molecule has 0 aliphatic heterocycles. The lowest BCUT2D eigenvalue weighted by Gasteiger charge is -2.28. The number of rotatable bonds is 8. The van der Waals surface area contributed by atoms with Crippen molar-refractivity contribution in [2.45, 2.75) is 4.90 Å². The number of hydrogen-bond acceptors (Lipinski definition) is 6. The minimum atomic E-state index is -5.13. The lowest BCUT2D eigenvalue weighted by Crippen LogP contribution is -2.28. The predicted octanol–water partition coefficient (Wildman–Crippen LogP) is 4.80. The summed E-state index contributed by atoms with van der Waals surface area (Å²) >= 11 is 0. The summed E-state index contributed by atoms with van der Waals surface area (Å²) < 4.78 is 105. The molecule has 0 radical (unpaired) electrons. The molecule has 0 bridgehead atoms. The van der Waals surface area contributed by atoms with E-state index >= 15 is 0 Å². The van der Waals surface area contributed by atoms with Gasteiger partial charge in [-0.15, -0.1) is 0 Å². The molecule has 0 atom stereocenters. The summed E-state index contributed by atoms with van der Waals surface area (Å²) in [7, 11) is 0.0904. The van der Waals surface area contributed by atoms with E-state index < -0.39 is 38.2 Å². The molecule has 0 heterocycles. The molecule has 0 aliphatic carbocycles. The second-order valence-electron chi connectivity index (χ2n) is 6.64. The molecule has 3 aromatic carbocycles. The highest BCUT2D eigenvalue weighted by Crippen LogP contribution is 2.45. The fourth-order valence-corrected chi connectivity index (χ4v) is 4.72. The predicted molar refractivity (Wildman–Crippen MR) is 115 cm³/mol. The average Bonchev–Trinajstić information content (AvgIpc) is 2.84. The minimum absolute atomic E-state index is 0.0516. The van der Waals surface area contributed by atoms with E-state index in [-0.39, 0.29) is 28.9 Å². The Bertz CT molecular complexity index is 1280. The van der Waals surface area contributed by atoms with Crippen molar-refractivity contribution in [1.82, 2.24) is 0 Å². The van der Waals surface area contributed by atoms with Crippen molar-refractivity contribution in [2.24, 2.45) is 0 Å². The Labute approximate surface area is 193 Å². The molecular weight excluding hydrogens is 482 g/mol. The zero-order valence-electron chi connectivity index (χ0n) is 18.4. The number of halogens is 4. The summed E-state index contributed by atoms with van der Waals surface area (Å²) in [5.74, 6) is -7.92. The standard InChI is InChI=1S/C22H19F4NO6S/c1-30-12-5-7-15(17(9-12)32-3)27(16-8-6-13(31-2)10-18(16)33-4)34(28,29)19-11-14(23)20(24)22(26)21(19)25/h5-11H,1-4H3. The first kappa shape index (κ1) is 25.0. The van der Waals surface area contributed by atoms with Crippen molar-refractivity contribution >= 4 is 21.4 Å². The Morgan fingerprint density at radius 1 is 0.647 bits per heavy atom. The smallest absolute Gasteiger partial charge is 0.272 e. The zero-order chi connectivity index (χ0) is 25.2. The third-order valence-electron chi connectivity index (χ3n) is 4.80. The number of ether oxygens (including phenoxy) is 4. The fourth-order valence-electron chi connectivity index (χ4n) is 3.13. The summed E-state index contributed by atoms with van der Waals surface area (Å²) in [6, 6.07) is 8.06. The molecule has 34 heavy (non-hydrogen) atoms. The molecule has 182 valence electrons. The topological polar surface area (TPSA) is 74.3 Å². The lowest BCUT2D eigenvalue weighted by molar-refractivity contribution is 0.392. The van der Waals surface area contributed by atoms with Crippen molar-refractivity contribution in [2.75, 3.05) is 32.7 Å². The lowest BCUT2D eigenvalue weighted by atomic mass is 10.2. The van der Waals surface area contributed by atoms with Gasteiger partial charge in [0.2, 0.25) is 0 Å². The maximum Gasteiger partial charge on any atom is 0.272 e. The molecule has 12 heteroatoms. The third-order valence-corrected chi connectivity index (χ3v) is 6.53. The van der Waals surface area contributed by atoms with Crippen LogP contribution in [0, 0.1) is 23.3 Å². The van der Waals surface area contributed by atoms with Crippen molar-refractivity contribution in [3.8, 4) is 23.0 Å². The molecule has 7 nitrogen and oxygen atoms in total. The molecular formula is C22H19F4NO6S. The van der Waals surface area contributed by atoms with Gasteiger partial charge in [-0.1, -0.05) is 0 Å². The highest BCUT2D eigenvalue weighted by Gasteiger charge is 2.36. The first-order valence-corrected chi connectivity index (χ1v) is 10.9. The molecule has 0 unspecified atom stereocenters. The van der Waals surface area contributed by atoms with Gasteiger partial charge in [0.15, 0.2) is 23.3 Å². The number of methoxy groups -OCH3 is 4. The Balaban J connectivity index is 2.41. The van der Waals surface area contributed by atoms with Crippen LogP contribution in [-0.4, -0.2) is 36.9 Å². The summed E-state index contributed by atoms with van der Waals surface area (Å²) in [6.45, 7) is 0. The highest BCUT2D eigenvalue weighted by atomic mass is 32.2. The zero-order valence-corrected chi connectivity index (χ0v) is 19.2. The highest BCUT2D eigenvalue weighted by molar-refractivity contribution is 7.93. The van der Waals surface area contributed by atoms with E-state index in [0.717, 1.165) is 0 Å². The normalized spacial score (nSPS) is 11.2. The van der Waals surface area contributed by atoms with Crippen LogP contribution in [0.3, 0.4) is 0 Å². The molecule has 3 aromatic rings. The Morgan fingerprint density at radius 3 is 1.53 bits per heavy atom. The third kappa shape index (κ3) is 4.28. The fraction of sp³-hybridized carbons (Fsp3) is 0.182. The summed E-state index contributed by atoms with van der Waals surface area (Å²) in [5, 5.41) is 0. The summed E-state index contributed by atoms with van der Waals surface area (Å²) in [5.41, 5.74) is -0.368. The molecule has 0 saturated heterocycles. The largest absolute Gasteiger partial charge is 0.497 e. The molecule has 0 aromatic heterocycles. The molecule has 0 spiro atoms. The molecule has 3 rings (SSSR count). The molecule has 0 amide bonds. The maximum absolute atomic E-state index is 14.6. The van der Waals surface area contributed by atoms with Crippen LogP contribution in [0.4, 0.5) is 28.9 Å². The van der Waals surface area contributed by atoms with Crippen molar-refractivity contribution in [3.63, 3.8) is 0 Å². The Hall–Kier alpha value is -3.67. The van der Waals surface area contributed by atoms with E-state index in [1.807, 2.05) is 0 Å². The number of sulfonamides is 1. The molecule has 0 aliphatic rings. The van der Waals surface area contributed by atoms with Crippen molar-refractivity contribution in [3.05, 3.63) is 65.7 Å². The van der Waals surface area contributed by atoms with E-state index in [0.29, 0.717) is 15.8 Å². The summed E-state index contributed by atoms with van der Waals surface area (Å²) in [6.07, 6.45) is 0. The van der Waals surface area contributed by atoms with Gasteiger partial charge in [-0.25, -0.2) is 30.3 Å². The maximum atomic E-state index is 14.6. The van der Waals surface area contributed by atoms with Gasteiger partial charge in [0.05, 0.1) is 39.8 Å². The van der Waals surface area contributed by atoms with Crippen molar-refractivity contribution < 1.29 is 44.9 Å². The second kappa shape index (κ2) is 9.67. The van der Waals surface area contributed by atoms with E-state index in [1.54, 1.807) is 0 Å². The van der Waals surface area contributed by atoms with Crippen LogP contribution in [0.2, 0.25) is 0 Å². The van der Waals surface area contributed by atoms with Crippen LogP contribution in [0.25, 0.3) is 0 Å². The van der Waals surface area contributed by atoms with Gasteiger partial charge < -0.3 is 18.9 Å². The van der Waals surface area contributed by atoms with E-state index in [1.165, 1.54) is 64.8 Å². The Kier molecular flexibility index (Phi) is 7.10. The monoisotopic (exact) mass is 501 g/mol. The number of hydrogen-bond donors (Lipinski definition) is 0. The van der Waals surface area contributed by atoms with Crippen LogP contribution in [-0.2, 0) is 10.0 Å². The van der Waals surface area contributed by atoms with E-state index in [9.17, 15) is 26.0 Å². The first-order valence-electron chi connectivity index (χ1n) is 9.43. The molecule has 0 N–H and O–H groups in total. The van der Waals surface area contributed by atoms with Crippen LogP contribution < -0.4 is 23.3 Å². The van der Waals surface area contributed by atoms with Gasteiger partial charge in [-0.3, -0.25) is 0 Å².